The monoisotopic (exact) mass is 310 g/mol. The number of aromatic nitrogens is 1. The number of nitrogens with zero attached hydrogens (tertiary/aromatic N) is 1. The van der Waals surface area contributed by atoms with Gasteiger partial charge in [0, 0.05) is 35.2 Å². The first-order valence-corrected chi connectivity index (χ1v) is 7.76. The van der Waals surface area contributed by atoms with Gasteiger partial charge in [0.05, 0.1) is 12.3 Å². The largest absolute Gasteiger partial charge is 0.378 e. The first-order valence-electron chi connectivity index (χ1n) is 6.57. The summed E-state index contributed by atoms with van der Waals surface area (Å²) >= 11 is 7.63. The van der Waals surface area contributed by atoms with Gasteiger partial charge in [0.1, 0.15) is 5.01 Å². The quantitative estimate of drug-likeness (QED) is 0.872. The third-order valence-corrected chi connectivity index (χ3v) is 4.22. The van der Waals surface area contributed by atoms with Gasteiger partial charge in [0.2, 0.25) is 0 Å². The molecule has 1 aromatic heterocycles. The number of methoxy groups -OCH3 is 1. The fourth-order valence-corrected chi connectivity index (χ4v) is 2.93. The van der Waals surface area contributed by atoms with Crippen LogP contribution in [0.2, 0.25) is 5.02 Å². The molecule has 0 amide bonds. The van der Waals surface area contributed by atoms with E-state index in [1.54, 1.807) is 18.4 Å². The standard InChI is InChI=1S/C15H19ClN2OS/c1-10(2)17-8-14-13(9-19-3)18-15(20-14)11-4-6-12(16)7-5-11/h4-7,10,17H,8-9H2,1-3H3. The lowest BCUT2D eigenvalue weighted by Gasteiger charge is -2.07. The summed E-state index contributed by atoms with van der Waals surface area (Å²) in [5.74, 6) is 0. The van der Waals surface area contributed by atoms with Crippen LogP contribution in [0.15, 0.2) is 24.3 Å². The maximum atomic E-state index is 5.92. The molecule has 0 saturated carbocycles. The van der Waals surface area contributed by atoms with Crippen LogP contribution in [-0.4, -0.2) is 18.1 Å². The molecule has 5 heteroatoms. The summed E-state index contributed by atoms with van der Waals surface area (Å²) in [4.78, 5) is 5.92. The van der Waals surface area contributed by atoms with E-state index in [-0.39, 0.29) is 0 Å². The van der Waals surface area contributed by atoms with Crippen molar-refractivity contribution < 1.29 is 4.74 Å². The van der Waals surface area contributed by atoms with Gasteiger partial charge in [0.15, 0.2) is 0 Å². The zero-order valence-electron chi connectivity index (χ0n) is 11.9. The van der Waals surface area contributed by atoms with Gasteiger partial charge in [-0.25, -0.2) is 4.98 Å². The number of nitrogens with one attached hydrogen (secondary N) is 1. The van der Waals surface area contributed by atoms with Crippen LogP contribution < -0.4 is 5.32 Å². The second-order valence-corrected chi connectivity index (χ2v) is 6.38. The van der Waals surface area contributed by atoms with E-state index < -0.39 is 0 Å². The van der Waals surface area contributed by atoms with Gasteiger partial charge in [-0.2, -0.15) is 0 Å². The van der Waals surface area contributed by atoms with Crippen LogP contribution in [0.3, 0.4) is 0 Å². The fraction of sp³-hybridized carbons (Fsp3) is 0.400. The first-order chi connectivity index (χ1) is 9.60. The fourth-order valence-electron chi connectivity index (χ4n) is 1.78. The topological polar surface area (TPSA) is 34.1 Å². The highest BCUT2D eigenvalue weighted by molar-refractivity contribution is 7.15. The van der Waals surface area contributed by atoms with Crippen molar-refractivity contribution in [3.05, 3.63) is 39.9 Å². The van der Waals surface area contributed by atoms with Crippen LogP contribution in [-0.2, 0) is 17.9 Å². The average Bonchev–Trinajstić information content (AvgIpc) is 2.81. The predicted molar refractivity (Wildman–Crippen MR) is 85.2 cm³/mol. The highest BCUT2D eigenvalue weighted by atomic mass is 35.5. The zero-order valence-corrected chi connectivity index (χ0v) is 13.5. The molecule has 2 aromatic rings. The Balaban J connectivity index is 2.25. The molecule has 0 radical (unpaired) electrons. The summed E-state index contributed by atoms with van der Waals surface area (Å²) in [5.41, 5.74) is 2.10. The van der Waals surface area contributed by atoms with Crippen molar-refractivity contribution in [3.63, 3.8) is 0 Å². The molecule has 0 saturated heterocycles. The minimum Gasteiger partial charge on any atom is -0.378 e. The summed E-state index contributed by atoms with van der Waals surface area (Å²) in [6.07, 6.45) is 0. The van der Waals surface area contributed by atoms with Crippen molar-refractivity contribution in [1.82, 2.24) is 10.3 Å². The Hall–Kier alpha value is -0.940. The van der Waals surface area contributed by atoms with E-state index in [9.17, 15) is 0 Å². The Labute approximate surface area is 129 Å². The zero-order chi connectivity index (χ0) is 14.5. The van der Waals surface area contributed by atoms with Crippen LogP contribution in [0.4, 0.5) is 0 Å². The summed E-state index contributed by atoms with van der Waals surface area (Å²) in [6.45, 7) is 5.63. The number of thiazole rings is 1. The minimum atomic E-state index is 0.450. The first kappa shape index (κ1) is 15.4. The van der Waals surface area contributed by atoms with Gasteiger partial charge < -0.3 is 10.1 Å². The van der Waals surface area contributed by atoms with Gasteiger partial charge in [0.25, 0.3) is 0 Å². The van der Waals surface area contributed by atoms with Crippen LogP contribution in [0.25, 0.3) is 10.6 Å². The number of halogens is 1. The molecule has 108 valence electrons. The number of rotatable bonds is 6. The Kier molecular flexibility index (Phi) is 5.54. The molecule has 20 heavy (non-hydrogen) atoms. The highest BCUT2D eigenvalue weighted by Gasteiger charge is 2.12. The molecule has 0 aliphatic rings. The molecule has 1 N–H and O–H groups in total. The molecule has 0 unspecified atom stereocenters. The molecular weight excluding hydrogens is 292 g/mol. The average molecular weight is 311 g/mol. The van der Waals surface area contributed by atoms with Crippen LogP contribution in [0.1, 0.15) is 24.4 Å². The third-order valence-electron chi connectivity index (χ3n) is 2.82. The second-order valence-electron chi connectivity index (χ2n) is 4.86. The normalized spacial score (nSPS) is 11.2. The summed E-state index contributed by atoms with van der Waals surface area (Å²) in [6, 6.07) is 8.22. The Morgan fingerprint density at radius 3 is 2.60 bits per heavy atom. The smallest absolute Gasteiger partial charge is 0.124 e. The molecule has 0 spiro atoms. The molecule has 2 rings (SSSR count). The summed E-state index contributed by atoms with van der Waals surface area (Å²) in [7, 11) is 1.70. The number of ether oxygens (including phenoxy) is 1. The van der Waals surface area contributed by atoms with Gasteiger partial charge >= 0.3 is 0 Å². The maximum Gasteiger partial charge on any atom is 0.124 e. The van der Waals surface area contributed by atoms with Crippen molar-refractivity contribution in [2.45, 2.75) is 33.0 Å². The molecule has 0 atom stereocenters. The second kappa shape index (κ2) is 7.18. The molecule has 0 fully saturated rings. The van der Waals surface area contributed by atoms with E-state index in [1.165, 1.54) is 4.88 Å². The van der Waals surface area contributed by atoms with Gasteiger partial charge in [-0.3, -0.25) is 0 Å². The van der Waals surface area contributed by atoms with E-state index in [4.69, 9.17) is 16.3 Å². The molecule has 0 aliphatic carbocycles. The SMILES string of the molecule is COCc1nc(-c2ccc(Cl)cc2)sc1CNC(C)C. The van der Waals surface area contributed by atoms with E-state index in [0.717, 1.165) is 27.8 Å². The lowest BCUT2D eigenvalue weighted by Crippen LogP contribution is -2.21. The van der Waals surface area contributed by atoms with Gasteiger partial charge in [-0.05, 0) is 12.1 Å². The molecule has 1 aromatic carbocycles. The van der Waals surface area contributed by atoms with Crippen molar-refractivity contribution >= 4 is 22.9 Å². The minimum absolute atomic E-state index is 0.450. The van der Waals surface area contributed by atoms with Crippen LogP contribution >= 0.6 is 22.9 Å². The molecular formula is C15H19ClN2OS. The Bertz CT molecular complexity index is 552. The van der Waals surface area contributed by atoms with Crippen LogP contribution in [0, 0.1) is 0 Å². The number of benzene rings is 1. The molecule has 3 nitrogen and oxygen atoms in total. The van der Waals surface area contributed by atoms with E-state index in [2.05, 4.69) is 24.1 Å². The van der Waals surface area contributed by atoms with Crippen molar-refractivity contribution in [2.24, 2.45) is 0 Å². The lowest BCUT2D eigenvalue weighted by atomic mass is 10.2. The summed E-state index contributed by atoms with van der Waals surface area (Å²) < 4.78 is 5.24. The highest BCUT2D eigenvalue weighted by Crippen LogP contribution is 2.29. The Morgan fingerprint density at radius 2 is 2.00 bits per heavy atom. The third kappa shape index (κ3) is 4.03. The van der Waals surface area contributed by atoms with Gasteiger partial charge in [-0.1, -0.05) is 37.6 Å². The van der Waals surface area contributed by atoms with Gasteiger partial charge in [-0.15, -0.1) is 11.3 Å². The molecule has 0 aliphatic heterocycles. The number of hydrogen-bond acceptors (Lipinski definition) is 4. The number of hydrogen-bond donors (Lipinski definition) is 1. The lowest BCUT2D eigenvalue weighted by molar-refractivity contribution is 0.181. The van der Waals surface area contributed by atoms with Crippen molar-refractivity contribution in [1.29, 1.82) is 0 Å². The predicted octanol–water partition coefficient (Wildman–Crippen LogP) is 4.11. The molecule has 1 heterocycles. The van der Waals surface area contributed by atoms with E-state index in [1.807, 2.05) is 24.3 Å². The molecule has 0 bridgehead atoms. The van der Waals surface area contributed by atoms with E-state index in [0.29, 0.717) is 12.6 Å². The van der Waals surface area contributed by atoms with Crippen molar-refractivity contribution in [2.75, 3.05) is 7.11 Å². The van der Waals surface area contributed by atoms with Crippen molar-refractivity contribution in [3.8, 4) is 10.6 Å². The van der Waals surface area contributed by atoms with E-state index >= 15 is 0 Å². The summed E-state index contributed by atoms with van der Waals surface area (Å²) in [5, 5.41) is 5.18. The maximum absolute atomic E-state index is 5.92. The van der Waals surface area contributed by atoms with Crippen LogP contribution in [0.5, 0.6) is 0 Å². The Morgan fingerprint density at radius 1 is 1.30 bits per heavy atom.